The highest BCUT2D eigenvalue weighted by Gasteiger charge is 2.09. The minimum Gasteiger partial charge on any atom is -0.455 e. The minimum absolute atomic E-state index is 0.169. The summed E-state index contributed by atoms with van der Waals surface area (Å²) in [5.74, 6) is 0.375. The van der Waals surface area contributed by atoms with E-state index in [2.05, 4.69) is 15.9 Å². The molecular formula is C15H10BrFO2. The summed E-state index contributed by atoms with van der Waals surface area (Å²) in [6.07, 6.45) is 0.565. The topological polar surface area (TPSA) is 26.3 Å². The zero-order valence-electron chi connectivity index (χ0n) is 9.85. The van der Waals surface area contributed by atoms with E-state index in [1.807, 2.05) is 30.3 Å². The van der Waals surface area contributed by atoms with Crippen LogP contribution in [-0.2, 0) is 0 Å². The van der Waals surface area contributed by atoms with Crippen LogP contribution in [0.4, 0.5) is 4.39 Å². The molecule has 0 spiro atoms. The van der Waals surface area contributed by atoms with E-state index in [1.165, 1.54) is 12.1 Å². The SMILES string of the molecule is O=Cc1cc(F)ccc1O/C(=C\Br)c1ccccc1. The Morgan fingerprint density at radius 2 is 1.89 bits per heavy atom. The monoisotopic (exact) mass is 320 g/mol. The first-order valence-electron chi connectivity index (χ1n) is 5.53. The van der Waals surface area contributed by atoms with Gasteiger partial charge < -0.3 is 4.74 Å². The number of rotatable bonds is 4. The predicted octanol–water partition coefficient (Wildman–Crippen LogP) is 4.41. The molecule has 2 aromatic rings. The number of benzene rings is 2. The third kappa shape index (κ3) is 3.29. The lowest BCUT2D eigenvalue weighted by atomic mass is 10.2. The van der Waals surface area contributed by atoms with Gasteiger partial charge in [-0.15, -0.1) is 0 Å². The molecule has 0 aliphatic rings. The molecule has 0 amide bonds. The van der Waals surface area contributed by atoms with E-state index < -0.39 is 5.82 Å². The molecule has 2 rings (SSSR count). The van der Waals surface area contributed by atoms with Gasteiger partial charge in [0.1, 0.15) is 17.3 Å². The van der Waals surface area contributed by atoms with Crippen LogP contribution < -0.4 is 4.74 Å². The lowest BCUT2D eigenvalue weighted by Crippen LogP contribution is -1.97. The highest BCUT2D eigenvalue weighted by atomic mass is 79.9. The molecule has 0 N–H and O–H groups in total. The number of carbonyl (C=O) groups is 1. The van der Waals surface area contributed by atoms with Crippen molar-refractivity contribution >= 4 is 28.0 Å². The van der Waals surface area contributed by atoms with Crippen molar-refractivity contribution in [2.75, 3.05) is 0 Å². The van der Waals surface area contributed by atoms with Crippen LogP contribution in [0.2, 0.25) is 0 Å². The van der Waals surface area contributed by atoms with E-state index in [-0.39, 0.29) is 5.56 Å². The van der Waals surface area contributed by atoms with Crippen molar-refractivity contribution in [3.63, 3.8) is 0 Å². The van der Waals surface area contributed by atoms with Crippen molar-refractivity contribution in [1.29, 1.82) is 0 Å². The Balaban J connectivity index is 2.32. The number of hydrogen-bond acceptors (Lipinski definition) is 2. The van der Waals surface area contributed by atoms with E-state index in [9.17, 15) is 9.18 Å². The normalized spacial score (nSPS) is 11.2. The molecule has 2 aromatic carbocycles. The van der Waals surface area contributed by atoms with Gasteiger partial charge in [0.15, 0.2) is 6.29 Å². The van der Waals surface area contributed by atoms with E-state index in [0.717, 1.165) is 11.6 Å². The predicted molar refractivity (Wildman–Crippen MR) is 75.8 cm³/mol. The van der Waals surface area contributed by atoms with Gasteiger partial charge in [0, 0.05) is 10.5 Å². The van der Waals surface area contributed by atoms with Gasteiger partial charge in [0.2, 0.25) is 0 Å². The molecule has 19 heavy (non-hydrogen) atoms. The molecule has 0 bridgehead atoms. The molecule has 0 radical (unpaired) electrons. The molecule has 0 fully saturated rings. The standard InChI is InChI=1S/C15H10BrFO2/c16-9-15(11-4-2-1-3-5-11)19-14-7-6-13(17)8-12(14)10-18/h1-10H/b15-9-. The Morgan fingerprint density at radius 3 is 2.53 bits per heavy atom. The molecule has 0 saturated heterocycles. The average molecular weight is 321 g/mol. The Labute approximate surface area is 118 Å². The Bertz CT molecular complexity index is 609. The summed E-state index contributed by atoms with van der Waals surface area (Å²) in [4.78, 5) is 12.5. The third-order valence-corrected chi connectivity index (χ3v) is 2.89. The van der Waals surface area contributed by atoms with Crippen LogP contribution in [-0.4, -0.2) is 6.29 Å². The Hall–Kier alpha value is -1.94. The summed E-state index contributed by atoms with van der Waals surface area (Å²) in [6.45, 7) is 0. The first-order chi connectivity index (χ1) is 9.24. The summed E-state index contributed by atoms with van der Waals surface area (Å²) >= 11 is 3.22. The molecule has 0 aromatic heterocycles. The fourth-order valence-corrected chi connectivity index (χ4v) is 1.93. The first kappa shape index (κ1) is 13.5. The van der Waals surface area contributed by atoms with Crippen molar-refractivity contribution in [3.8, 4) is 5.75 Å². The Morgan fingerprint density at radius 1 is 1.16 bits per heavy atom. The van der Waals surface area contributed by atoms with Gasteiger partial charge in [0.25, 0.3) is 0 Å². The van der Waals surface area contributed by atoms with E-state index in [4.69, 9.17) is 4.74 Å². The number of carbonyl (C=O) groups excluding carboxylic acids is 1. The molecule has 2 nitrogen and oxygen atoms in total. The smallest absolute Gasteiger partial charge is 0.153 e. The van der Waals surface area contributed by atoms with Gasteiger partial charge >= 0.3 is 0 Å². The number of ether oxygens (including phenoxy) is 1. The van der Waals surface area contributed by atoms with Crippen LogP contribution in [0.3, 0.4) is 0 Å². The molecule has 0 heterocycles. The molecule has 0 unspecified atom stereocenters. The van der Waals surface area contributed by atoms with E-state index in [0.29, 0.717) is 17.8 Å². The average Bonchev–Trinajstić information content (AvgIpc) is 2.46. The van der Waals surface area contributed by atoms with E-state index >= 15 is 0 Å². The van der Waals surface area contributed by atoms with Crippen molar-refractivity contribution in [3.05, 3.63) is 70.5 Å². The summed E-state index contributed by atoms with van der Waals surface area (Å²) in [7, 11) is 0. The zero-order chi connectivity index (χ0) is 13.7. The maximum atomic E-state index is 13.0. The molecule has 0 aliphatic carbocycles. The van der Waals surface area contributed by atoms with Gasteiger partial charge in [-0.25, -0.2) is 4.39 Å². The molecule has 4 heteroatoms. The lowest BCUT2D eigenvalue weighted by Gasteiger charge is -2.11. The quantitative estimate of drug-likeness (QED) is 0.616. The van der Waals surface area contributed by atoms with Gasteiger partial charge in [-0.3, -0.25) is 4.79 Å². The van der Waals surface area contributed by atoms with Gasteiger partial charge in [-0.2, -0.15) is 0 Å². The summed E-state index contributed by atoms with van der Waals surface area (Å²) in [5.41, 5.74) is 1.02. The van der Waals surface area contributed by atoms with Crippen LogP contribution in [0, 0.1) is 5.82 Å². The van der Waals surface area contributed by atoms with Crippen molar-refractivity contribution in [2.24, 2.45) is 0 Å². The summed E-state index contributed by atoms with van der Waals surface area (Å²) in [6, 6.07) is 13.2. The molecular weight excluding hydrogens is 311 g/mol. The van der Waals surface area contributed by atoms with Crippen molar-refractivity contribution < 1.29 is 13.9 Å². The highest BCUT2D eigenvalue weighted by Crippen LogP contribution is 2.25. The maximum Gasteiger partial charge on any atom is 0.153 e. The zero-order valence-corrected chi connectivity index (χ0v) is 11.4. The summed E-state index contributed by atoms with van der Waals surface area (Å²) < 4.78 is 18.7. The van der Waals surface area contributed by atoms with E-state index in [1.54, 1.807) is 4.99 Å². The van der Waals surface area contributed by atoms with Crippen LogP contribution >= 0.6 is 15.9 Å². The van der Waals surface area contributed by atoms with Crippen molar-refractivity contribution in [2.45, 2.75) is 0 Å². The molecule has 0 atom stereocenters. The van der Waals surface area contributed by atoms with Crippen LogP contribution in [0.15, 0.2) is 53.5 Å². The fraction of sp³-hybridized carbons (Fsp3) is 0. The van der Waals surface area contributed by atoms with Crippen LogP contribution in [0.25, 0.3) is 5.76 Å². The maximum absolute atomic E-state index is 13.0. The van der Waals surface area contributed by atoms with Crippen molar-refractivity contribution in [1.82, 2.24) is 0 Å². The van der Waals surface area contributed by atoms with Crippen LogP contribution in [0.5, 0.6) is 5.75 Å². The van der Waals surface area contributed by atoms with Gasteiger partial charge in [-0.1, -0.05) is 46.3 Å². The minimum atomic E-state index is -0.474. The summed E-state index contributed by atoms with van der Waals surface area (Å²) in [5, 5.41) is 0. The van der Waals surface area contributed by atoms with Crippen LogP contribution in [0.1, 0.15) is 15.9 Å². The highest BCUT2D eigenvalue weighted by molar-refractivity contribution is 9.11. The first-order valence-corrected chi connectivity index (χ1v) is 6.44. The van der Waals surface area contributed by atoms with Gasteiger partial charge in [0.05, 0.1) is 5.56 Å². The Kier molecular flexibility index (Phi) is 4.47. The van der Waals surface area contributed by atoms with Gasteiger partial charge in [-0.05, 0) is 18.2 Å². The molecule has 96 valence electrons. The largest absolute Gasteiger partial charge is 0.455 e. The third-order valence-electron chi connectivity index (χ3n) is 2.48. The second-order valence-corrected chi connectivity index (χ2v) is 4.20. The lowest BCUT2D eigenvalue weighted by molar-refractivity contribution is 0.112. The fourth-order valence-electron chi connectivity index (χ4n) is 1.57. The number of hydrogen-bond donors (Lipinski definition) is 0. The number of aldehydes is 1. The second-order valence-electron chi connectivity index (χ2n) is 3.74. The molecule has 0 aliphatic heterocycles. The number of halogens is 2. The second kappa shape index (κ2) is 6.29. The molecule has 0 saturated carbocycles.